The van der Waals surface area contributed by atoms with E-state index in [1.807, 2.05) is 0 Å². The highest BCUT2D eigenvalue weighted by Crippen LogP contribution is 2.32. The highest BCUT2D eigenvalue weighted by atomic mass is 16.6. The Balaban J connectivity index is 1.08. The number of carbonyl (C=O) groups is 5. The van der Waals surface area contributed by atoms with E-state index in [0.29, 0.717) is 105 Å². The van der Waals surface area contributed by atoms with Crippen molar-refractivity contribution in [1.82, 2.24) is 10.2 Å². The van der Waals surface area contributed by atoms with Crippen molar-refractivity contribution in [2.75, 3.05) is 118 Å². The minimum absolute atomic E-state index is 0.0619. The number of anilines is 1. The van der Waals surface area contributed by atoms with Crippen LogP contribution in [0.5, 0.6) is 0 Å². The van der Waals surface area contributed by atoms with Crippen LogP contribution < -0.4 is 10.6 Å². The van der Waals surface area contributed by atoms with Gasteiger partial charge in [-0.15, -0.1) is 0 Å². The molecule has 3 rings (SSSR count). The first-order valence-electron chi connectivity index (χ1n) is 15.8. The number of ether oxygens (including phenoxy) is 8. The second-order valence-corrected chi connectivity index (χ2v) is 10.3. The number of carboxylic acid groups (broad SMARTS) is 1. The molecule has 48 heavy (non-hydrogen) atoms. The van der Waals surface area contributed by atoms with Gasteiger partial charge in [-0.1, -0.05) is 6.07 Å². The predicted octanol–water partition coefficient (Wildman–Crippen LogP) is -0.283. The number of piperidine rings is 1. The highest BCUT2D eigenvalue weighted by molar-refractivity contribution is 6.25. The maximum atomic E-state index is 13.1. The van der Waals surface area contributed by atoms with Crippen molar-refractivity contribution >= 4 is 35.3 Å². The Morgan fingerprint density at radius 3 is 1.67 bits per heavy atom. The van der Waals surface area contributed by atoms with Crippen LogP contribution in [0.1, 0.15) is 33.6 Å². The summed E-state index contributed by atoms with van der Waals surface area (Å²) < 4.78 is 42.8. The van der Waals surface area contributed by atoms with Crippen LogP contribution in [0.25, 0.3) is 0 Å². The van der Waals surface area contributed by atoms with E-state index < -0.39 is 35.6 Å². The molecule has 1 aromatic carbocycles. The number of benzene rings is 1. The fraction of sp³-hybridized carbons (Fsp3) is 0.645. The van der Waals surface area contributed by atoms with Crippen LogP contribution in [0.15, 0.2) is 18.2 Å². The number of imide groups is 2. The van der Waals surface area contributed by atoms with Crippen molar-refractivity contribution in [3.8, 4) is 0 Å². The van der Waals surface area contributed by atoms with Crippen LogP contribution in [0.4, 0.5) is 5.69 Å². The number of aliphatic carboxylic acids is 1. The molecule has 0 bridgehead atoms. The maximum absolute atomic E-state index is 13.1. The molecule has 268 valence electrons. The number of hydrogen-bond acceptors (Lipinski definition) is 14. The molecule has 17 nitrogen and oxygen atoms in total. The van der Waals surface area contributed by atoms with Gasteiger partial charge in [0.2, 0.25) is 11.8 Å². The molecule has 0 spiro atoms. The molecular formula is C31H45N3O14. The number of amides is 4. The third kappa shape index (κ3) is 13.9. The van der Waals surface area contributed by atoms with E-state index in [2.05, 4.69) is 10.6 Å². The smallest absolute Gasteiger partial charge is 0.329 e. The first-order valence-corrected chi connectivity index (χ1v) is 15.8. The zero-order chi connectivity index (χ0) is 34.4. The van der Waals surface area contributed by atoms with Gasteiger partial charge in [0.15, 0.2) is 0 Å². The molecule has 1 atom stereocenters. The van der Waals surface area contributed by atoms with Crippen LogP contribution in [0.3, 0.4) is 0 Å². The van der Waals surface area contributed by atoms with E-state index in [9.17, 15) is 24.0 Å². The van der Waals surface area contributed by atoms with Gasteiger partial charge in [0.1, 0.15) is 12.6 Å². The summed E-state index contributed by atoms with van der Waals surface area (Å²) in [5.74, 6) is -3.20. The quantitative estimate of drug-likeness (QED) is 0.0767. The van der Waals surface area contributed by atoms with E-state index in [0.717, 1.165) is 4.90 Å². The van der Waals surface area contributed by atoms with Gasteiger partial charge in [-0.05, 0) is 18.6 Å². The average molecular weight is 684 g/mol. The first kappa shape index (κ1) is 38.9. The number of carbonyl (C=O) groups excluding carboxylic acids is 4. The van der Waals surface area contributed by atoms with E-state index in [1.54, 1.807) is 18.2 Å². The molecule has 0 aliphatic carbocycles. The number of rotatable bonds is 28. The van der Waals surface area contributed by atoms with Gasteiger partial charge in [-0.2, -0.15) is 0 Å². The van der Waals surface area contributed by atoms with E-state index in [-0.39, 0.29) is 37.2 Å². The molecule has 0 radical (unpaired) electrons. The maximum Gasteiger partial charge on any atom is 0.329 e. The monoisotopic (exact) mass is 683 g/mol. The fourth-order valence-corrected chi connectivity index (χ4v) is 4.62. The molecule has 2 aliphatic heterocycles. The van der Waals surface area contributed by atoms with Crippen molar-refractivity contribution in [2.45, 2.75) is 18.9 Å². The lowest BCUT2D eigenvalue weighted by Crippen LogP contribution is -2.54. The summed E-state index contributed by atoms with van der Waals surface area (Å²) in [5.41, 5.74) is 0.889. The molecule has 2 aliphatic rings. The Hall–Kier alpha value is -3.55. The second kappa shape index (κ2) is 22.9. The van der Waals surface area contributed by atoms with Gasteiger partial charge in [0, 0.05) is 18.7 Å². The van der Waals surface area contributed by atoms with Crippen LogP contribution >= 0.6 is 0 Å². The number of fused-ring (bicyclic) bond motifs is 1. The molecule has 3 N–H and O–H groups in total. The summed E-state index contributed by atoms with van der Waals surface area (Å²) >= 11 is 0. The standard InChI is InChI=1S/C31H45N3O14/c35-26-5-4-25(29(38)33-26)34-30(39)23-2-1-3-24(28(23)31(34)40)32-6-7-41-8-9-42-10-11-43-12-13-44-14-15-45-16-17-46-18-19-47-20-21-48-22-27(36)37/h1-3,25,32H,4-22H2,(H,36,37)(H,33,35,38). The molecule has 17 heteroatoms. The van der Waals surface area contributed by atoms with E-state index >= 15 is 0 Å². The lowest BCUT2D eigenvalue weighted by molar-refractivity contribution is -0.143. The van der Waals surface area contributed by atoms with Crippen LogP contribution in [-0.2, 0) is 52.3 Å². The SMILES string of the molecule is O=C(O)COCCOCCOCCOCCOCCOCCOCCOCCNc1cccc2c1C(=O)N(C1CCC(=O)NC1=O)C2=O. The minimum atomic E-state index is -1.01. The van der Waals surface area contributed by atoms with E-state index in [1.165, 1.54) is 0 Å². The lowest BCUT2D eigenvalue weighted by atomic mass is 10.0. The summed E-state index contributed by atoms with van der Waals surface area (Å²) in [4.78, 5) is 61.0. The molecule has 0 saturated carbocycles. The molecule has 1 saturated heterocycles. The molecule has 1 aromatic rings. The second-order valence-electron chi connectivity index (χ2n) is 10.3. The normalized spacial score (nSPS) is 16.0. The van der Waals surface area contributed by atoms with Crippen molar-refractivity contribution in [3.05, 3.63) is 29.3 Å². The van der Waals surface area contributed by atoms with Gasteiger partial charge in [-0.3, -0.25) is 29.4 Å². The summed E-state index contributed by atoms with van der Waals surface area (Å²) in [6.45, 7) is 5.88. The molecule has 0 aromatic heterocycles. The van der Waals surface area contributed by atoms with Gasteiger partial charge in [-0.25, -0.2) is 4.79 Å². The van der Waals surface area contributed by atoms with Crippen molar-refractivity contribution in [3.63, 3.8) is 0 Å². The molecule has 4 amide bonds. The topological polar surface area (TPSA) is 207 Å². The van der Waals surface area contributed by atoms with Crippen LogP contribution in [-0.4, -0.2) is 158 Å². The third-order valence-electron chi connectivity index (χ3n) is 6.86. The Morgan fingerprint density at radius 2 is 1.19 bits per heavy atom. The Kier molecular flexibility index (Phi) is 18.6. The molecule has 2 heterocycles. The lowest BCUT2D eigenvalue weighted by Gasteiger charge is -2.27. The van der Waals surface area contributed by atoms with E-state index in [4.69, 9.17) is 43.0 Å². The van der Waals surface area contributed by atoms with Gasteiger partial charge in [0.05, 0.1) is 110 Å². The fourth-order valence-electron chi connectivity index (χ4n) is 4.62. The number of hydrogen-bond donors (Lipinski definition) is 3. The summed E-state index contributed by atoms with van der Waals surface area (Å²) in [6.07, 6.45) is 0.162. The molecule has 1 unspecified atom stereocenters. The largest absolute Gasteiger partial charge is 0.480 e. The Bertz CT molecular complexity index is 1180. The molecule has 1 fully saturated rings. The van der Waals surface area contributed by atoms with Crippen molar-refractivity contribution < 1.29 is 67.0 Å². The van der Waals surface area contributed by atoms with Crippen LogP contribution in [0, 0.1) is 0 Å². The van der Waals surface area contributed by atoms with Crippen molar-refractivity contribution in [2.24, 2.45) is 0 Å². The summed E-state index contributed by atoms with van der Waals surface area (Å²) in [6, 6.07) is 3.88. The van der Waals surface area contributed by atoms with Gasteiger partial charge in [0.25, 0.3) is 11.8 Å². The summed E-state index contributed by atoms with van der Waals surface area (Å²) in [7, 11) is 0. The predicted molar refractivity (Wildman–Crippen MR) is 166 cm³/mol. The minimum Gasteiger partial charge on any atom is -0.480 e. The van der Waals surface area contributed by atoms with Crippen LogP contribution in [0.2, 0.25) is 0 Å². The van der Waals surface area contributed by atoms with Gasteiger partial charge >= 0.3 is 5.97 Å². The zero-order valence-corrected chi connectivity index (χ0v) is 26.9. The Morgan fingerprint density at radius 1 is 0.708 bits per heavy atom. The molecular weight excluding hydrogens is 638 g/mol. The highest BCUT2D eigenvalue weighted by Gasteiger charge is 2.45. The Labute approximate surface area is 278 Å². The van der Waals surface area contributed by atoms with Gasteiger partial charge < -0.3 is 48.3 Å². The number of carboxylic acids is 1. The van der Waals surface area contributed by atoms with Crippen molar-refractivity contribution in [1.29, 1.82) is 0 Å². The average Bonchev–Trinajstić information content (AvgIpc) is 3.32. The number of nitrogens with one attached hydrogen (secondary N) is 2. The summed E-state index contributed by atoms with van der Waals surface area (Å²) in [5, 5.41) is 13.7. The zero-order valence-electron chi connectivity index (χ0n) is 26.9. The first-order chi connectivity index (χ1) is 23.4. The number of nitrogens with zero attached hydrogens (tertiary/aromatic N) is 1. The third-order valence-corrected chi connectivity index (χ3v) is 6.86.